The summed E-state index contributed by atoms with van der Waals surface area (Å²) in [6.07, 6.45) is 7.94. The van der Waals surface area contributed by atoms with Crippen molar-refractivity contribution >= 4 is 28.9 Å². The number of carbonyl (C=O) groups excluding carboxylic acids is 1. The van der Waals surface area contributed by atoms with Gasteiger partial charge in [-0.15, -0.1) is 11.3 Å². The smallest absolute Gasteiger partial charge is 0.339 e. The molecule has 0 unspecified atom stereocenters. The second-order valence-corrected chi connectivity index (χ2v) is 5.06. The highest BCUT2D eigenvalue weighted by Crippen LogP contribution is 2.34. The van der Waals surface area contributed by atoms with Crippen LogP contribution in [0.15, 0.2) is 48.0 Å². The van der Waals surface area contributed by atoms with Crippen LogP contribution < -0.4 is 16.8 Å². The number of nitrogens with two attached hydrogens (primary N) is 2. The van der Waals surface area contributed by atoms with Gasteiger partial charge in [-0.25, -0.2) is 4.79 Å². The molecule has 0 aliphatic carbocycles. The Labute approximate surface area is 135 Å². The fourth-order valence-corrected chi connectivity index (χ4v) is 2.73. The van der Waals surface area contributed by atoms with Gasteiger partial charge < -0.3 is 21.9 Å². The van der Waals surface area contributed by atoms with Crippen molar-refractivity contribution in [2.24, 2.45) is 11.5 Å². The predicted molar refractivity (Wildman–Crippen MR) is 86.5 cm³/mol. The van der Waals surface area contributed by atoms with Crippen molar-refractivity contribution in [3.05, 3.63) is 53.6 Å². The van der Waals surface area contributed by atoms with Crippen molar-refractivity contribution < 1.29 is 14.7 Å². The van der Waals surface area contributed by atoms with Gasteiger partial charge in [0, 0.05) is 24.0 Å². The fourth-order valence-electron chi connectivity index (χ4n) is 1.77. The molecule has 0 aliphatic rings. The molecule has 0 saturated carbocycles. The van der Waals surface area contributed by atoms with E-state index in [0.717, 1.165) is 23.7 Å². The highest BCUT2D eigenvalue weighted by Gasteiger charge is 2.22. The number of amides is 1. The molecule has 118 valence electrons. The number of nitrogens with zero attached hydrogens (tertiary/aromatic N) is 2. The molecule has 0 radical (unpaired) electrons. The van der Waals surface area contributed by atoms with E-state index < -0.39 is 11.9 Å². The van der Waals surface area contributed by atoms with E-state index in [4.69, 9.17) is 11.5 Å². The molecular formula is C14H13N5O3S. The zero-order valence-electron chi connectivity index (χ0n) is 11.8. The number of aromatic carboxylic acids is 1. The Morgan fingerprint density at radius 2 is 2.09 bits per heavy atom. The summed E-state index contributed by atoms with van der Waals surface area (Å²) in [6, 6.07) is 0. The van der Waals surface area contributed by atoms with Gasteiger partial charge in [-0.3, -0.25) is 14.8 Å². The number of carboxylic acid groups (broad SMARTS) is 1. The van der Waals surface area contributed by atoms with Crippen LogP contribution in [0.3, 0.4) is 0 Å². The third-order valence-electron chi connectivity index (χ3n) is 2.77. The van der Waals surface area contributed by atoms with Crippen molar-refractivity contribution in [1.82, 2.24) is 9.97 Å². The number of rotatable bonds is 5. The minimum atomic E-state index is -1.19. The number of anilines is 1. The molecule has 0 saturated heterocycles. The lowest BCUT2D eigenvalue weighted by Gasteiger charge is -2.06. The minimum absolute atomic E-state index is 0.0584. The Bertz CT molecular complexity index is 783. The van der Waals surface area contributed by atoms with Gasteiger partial charge in [-0.05, 0) is 12.3 Å². The monoisotopic (exact) mass is 331 g/mol. The van der Waals surface area contributed by atoms with Crippen LogP contribution in [0.2, 0.25) is 0 Å². The van der Waals surface area contributed by atoms with Gasteiger partial charge in [0.2, 0.25) is 0 Å². The molecule has 0 atom stereocenters. The molecule has 0 spiro atoms. The Balaban J connectivity index is 2.40. The van der Waals surface area contributed by atoms with Crippen LogP contribution in [-0.2, 0) is 4.79 Å². The average Bonchev–Trinajstić information content (AvgIpc) is 2.97. The molecule has 2 aromatic heterocycles. The van der Waals surface area contributed by atoms with Gasteiger partial charge in [0.05, 0.1) is 28.0 Å². The third-order valence-corrected chi connectivity index (χ3v) is 3.77. The van der Waals surface area contributed by atoms with Crippen LogP contribution in [0, 0.1) is 0 Å². The van der Waals surface area contributed by atoms with Crippen molar-refractivity contribution in [2.45, 2.75) is 0 Å². The fraction of sp³-hybridized carbons (Fsp3) is 0. The number of thiophene rings is 1. The molecule has 2 aromatic rings. The van der Waals surface area contributed by atoms with E-state index in [1.807, 2.05) is 0 Å². The number of hydrogen-bond acceptors (Lipinski definition) is 7. The number of nitrogens with one attached hydrogen (secondary N) is 1. The van der Waals surface area contributed by atoms with Gasteiger partial charge in [-0.1, -0.05) is 0 Å². The molecule has 1 amide bonds. The average molecular weight is 331 g/mol. The summed E-state index contributed by atoms with van der Waals surface area (Å²) in [6.45, 7) is 0. The first-order valence-electron chi connectivity index (χ1n) is 6.31. The molecule has 8 nitrogen and oxygen atoms in total. The van der Waals surface area contributed by atoms with Crippen LogP contribution in [0.1, 0.15) is 10.4 Å². The summed E-state index contributed by atoms with van der Waals surface area (Å²) in [5.74, 6) is -1.75. The summed E-state index contributed by atoms with van der Waals surface area (Å²) in [5.41, 5.74) is 11.2. The third kappa shape index (κ3) is 3.52. The second-order valence-electron chi connectivity index (χ2n) is 4.18. The Kier molecular flexibility index (Phi) is 5.05. The second kappa shape index (κ2) is 7.18. The highest BCUT2D eigenvalue weighted by molar-refractivity contribution is 7.14. The maximum Gasteiger partial charge on any atom is 0.339 e. The molecule has 2 heterocycles. The van der Waals surface area contributed by atoms with Crippen LogP contribution in [0.5, 0.6) is 0 Å². The van der Waals surface area contributed by atoms with Crippen molar-refractivity contribution in [1.29, 1.82) is 0 Å². The van der Waals surface area contributed by atoms with E-state index in [9.17, 15) is 14.7 Å². The first-order chi connectivity index (χ1) is 11.1. The van der Waals surface area contributed by atoms with Gasteiger partial charge in [-0.2, -0.15) is 0 Å². The van der Waals surface area contributed by atoms with E-state index in [0.29, 0.717) is 10.6 Å². The number of carbonyl (C=O) groups is 2. The van der Waals surface area contributed by atoms with Crippen LogP contribution in [0.25, 0.3) is 10.6 Å². The number of aromatic nitrogens is 2. The molecule has 0 fully saturated rings. The van der Waals surface area contributed by atoms with Crippen LogP contribution >= 0.6 is 11.3 Å². The summed E-state index contributed by atoms with van der Waals surface area (Å²) in [5, 5.41) is 13.5. The summed E-state index contributed by atoms with van der Waals surface area (Å²) in [7, 11) is 0. The molecule has 0 aromatic carbocycles. The van der Waals surface area contributed by atoms with E-state index >= 15 is 0 Å². The first kappa shape index (κ1) is 16.2. The molecule has 23 heavy (non-hydrogen) atoms. The Morgan fingerprint density at radius 3 is 2.65 bits per heavy atom. The number of carboxylic acids is 1. The van der Waals surface area contributed by atoms with E-state index in [-0.39, 0.29) is 16.8 Å². The maximum atomic E-state index is 12.1. The van der Waals surface area contributed by atoms with Gasteiger partial charge in [0.1, 0.15) is 5.56 Å². The summed E-state index contributed by atoms with van der Waals surface area (Å²) < 4.78 is 0. The summed E-state index contributed by atoms with van der Waals surface area (Å²) in [4.78, 5) is 32.0. The standard InChI is InChI=1S/C14H13N5O3S/c15-2-1-8(5-16)13(20)19-10-7-23-12(11(10)14(21)22)9-6-17-3-4-18-9/h1-7H,15-16H2,(H,19,20)(H,21,22)/b2-1-,8-5+. The highest BCUT2D eigenvalue weighted by atomic mass is 32.1. The van der Waals surface area contributed by atoms with Gasteiger partial charge in [0.15, 0.2) is 0 Å². The van der Waals surface area contributed by atoms with E-state index in [1.54, 1.807) is 0 Å². The lowest BCUT2D eigenvalue weighted by atomic mass is 10.1. The maximum absolute atomic E-state index is 12.1. The SMILES string of the molecule is N/C=C\C(=C/N)C(=O)Nc1csc(-c2cnccn2)c1C(=O)O. The Hall–Kier alpha value is -3.20. The van der Waals surface area contributed by atoms with Crippen molar-refractivity contribution in [3.63, 3.8) is 0 Å². The van der Waals surface area contributed by atoms with Crippen LogP contribution in [-0.4, -0.2) is 27.0 Å². The lowest BCUT2D eigenvalue weighted by molar-refractivity contribution is -0.112. The molecule has 2 rings (SSSR count). The van der Waals surface area contributed by atoms with Crippen molar-refractivity contribution in [2.75, 3.05) is 5.32 Å². The largest absolute Gasteiger partial charge is 0.478 e. The topological polar surface area (TPSA) is 144 Å². The minimum Gasteiger partial charge on any atom is -0.478 e. The Morgan fingerprint density at radius 1 is 1.30 bits per heavy atom. The van der Waals surface area contributed by atoms with Gasteiger partial charge >= 0.3 is 5.97 Å². The molecular weight excluding hydrogens is 318 g/mol. The lowest BCUT2D eigenvalue weighted by Crippen LogP contribution is -2.16. The van der Waals surface area contributed by atoms with E-state index in [1.165, 1.54) is 30.0 Å². The summed E-state index contributed by atoms with van der Waals surface area (Å²) >= 11 is 1.14. The molecule has 6 N–H and O–H groups in total. The van der Waals surface area contributed by atoms with Crippen LogP contribution in [0.4, 0.5) is 5.69 Å². The number of hydrogen-bond donors (Lipinski definition) is 4. The first-order valence-corrected chi connectivity index (χ1v) is 7.19. The molecule has 0 bridgehead atoms. The zero-order chi connectivity index (χ0) is 16.8. The van der Waals surface area contributed by atoms with Gasteiger partial charge in [0.25, 0.3) is 5.91 Å². The zero-order valence-corrected chi connectivity index (χ0v) is 12.6. The quantitative estimate of drug-likeness (QED) is 0.475. The molecule has 0 aliphatic heterocycles. The molecule has 9 heteroatoms. The predicted octanol–water partition coefficient (Wildman–Crippen LogP) is 1.16. The normalized spacial score (nSPS) is 11.6. The van der Waals surface area contributed by atoms with E-state index in [2.05, 4.69) is 15.3 Å². The van der Waals surface area contributed by atoms with Crippen molar-refractivity contribution in [3.8, 4) is 10.6 Å².